The molecule has 144 valence electrons. The number of Topliss-reactive ketones (excluding diaryl/α,β-unsaturated/α-hetero) is 1. The molecule has 2 bridgehead atoms. The maximum atomic E-state index is 13.8. The standard InChI is InChI=1S/C21H25NO4S/c1-15-5-7-16(8-6-15)27(24,25)22-14-13-21-12-9-17(26-21)20(19(23)18(21)22)10-3-2-4-11-20/h5-9,12,17-18H,2-4,10-11,13-14H2,1H3/t17-,18-,21-/m0/s1. The molecular formula is C21H25NO4S. The molecule has 0 unspecified atom stereocenters. The lowest BCUT2D eigenvalue weighted by Crippen LogP contribution is -2.63. The van der Waals surface area contributed by atoms with Crippen molar-refractivity contribution in [1.82, 2.24) is 4.31 Å². The number of aryl methyl sites for hydroxylation is 1. The summed E-state index contributed by atoms with van der Waals surface area (Å²) in [7, 11) is -3.75. The summed E-state index contributed by atoms with van der Waals surface area (Å²) in [6.07, 6.45) is 9.10. The highest BCUT2D eigenvalue weighted by Crippen LogP contribution is 2.56. The monoisotopic (exact) mass is 387 g/mol. The van der Waals surface area contributed by atoms with E-state index in [2.05, 4.69) is 0 Å². The molecule has 3 aliphatic heterocycles. The highest BCUT2D eigenvalue weighted by molar-refractivity contribution is 7.89. The first-order valence-corrected chi connectivity index (χ1v) is 11.3. The average Bonchev–Trinajstić information content (AvgIpc) is 3.25. The molecule has 0 aromatic heterocycles. The van der Waals surface area contributed by atoms with Gasteiger partial charge in [-0.2, -0.15) is 4.31 Å². The number of rotatable bonds is 2. The molecule has 1 aromatic carbocycles. The molecule has 5 nitrogen and oxygen atoms in total. The number of benzene rings is 1. The van der Waals surface area contributed by atoms with Crippen LogP contribution < -0.4 is 0 Å². The van der Waals surface area contributed by atoms with E-state index >= 15 is 0 Å². The summed E-state index contributed by atoms with van der Waals surface area (Å²) < 4.78 is 34.6. The van der Waals surface area contributed by atoms with Crippen LogP contribution in [0.3, 0.4) is 0 Å². The maximum Gasteiger partial charge on any atom is 0.243 e. The van der Waals surface area contributed by atoms with E-state index in [1.165, 1.54) is 4.31 Å². The Balaban J connectivity index is 1.58. The first-order valence-electron chi connectivity index (χ1n) is 9.89. The Kier molecular flexibility index (Phi) is 3.75. The quantitative estimate of drug-likeness (QED) is 0.732. The topological polar surface area (TPSA) is 63.7 Å². The van der Waals surface area contributed by atoms with E-state index in [1.54, 1.807) is 24.3 Å². The first-order chi connectivity index (χ1) is 12.9. The van der Waals surface area contributed by atoms with Crippen molar-refractivity contribution in [3.8, 4) is 0 Å². The smallest absolute Gasteiger partial charge is 0.243 e. The first kappa shape index (κ1) is 17.6. The lowest BCUT2D eigenvalue weighted by atomic mass is 9.64. The zero-order valence-corrected chi connectivity index (χ0v) is 16.4. The minimum absolute atomic E-state index is 0.0802. The molecule has 4 aliphatic rings. The van der Waals surface area contributed by atoms with Gasteiger partial charge in [0.25, 0.3) is 0 Å². The van der Waals surface area contributed by atoms with Crippen molar-refractivity contribution in [3.05, 3.63) is 42.0 Å². The molecule has 1 saturated carbocycles. The summed E-state index contributed by atoms with van der Waals surface area (Å²) in [6, 6.07) is 6.12. The SMILES string of the molecule is Cc1ccc(S(=O)(=O)N2CC[C@]34C=C[C@H](O3)C3(CCCCC3)C(=O)[C@H]24)cc1. The minimum Gasteiger partial charge on any atom is -0.360 e. The zero-order valence-electron chi connectivity index (χ0n) is 15.6. The number of sulfonamides is 1. The van der Waals surface area contributed by atoms with E-state index < -0.39 is 27.1 Å². The fourth-order valence-corrected chi connectivity index (χ4v) is 7.17. The molecule has 3 heterocycles. The van der Waals surface area contributed by atoms with Gasteiger partial charge in [0.2, 0.25) is 10.0 Å². The summed E-state index contributed by atoms with van der Waals surface area (Å²) in [4.78, 5) is 14.0. The number of carbonyl (C=O) groups excluding carboxylic acids is 1. The van der Waals surface area contributed by atoms with Crippen molar-refractivity contribution >= 4 is 15.8 Å². The summed E-state index contributed by atoms with van der Waals surface area (Å²) >= 11 is 0. The van der Waals surface area contributed by atoms with E-state index in [0.717, 1.165) is 37.7 Å². The molecule has 1 aliphatic carbocycles. The zero-order chi connectivity index (χ0) is 18.9. The van der Waals surface area contributed by atoms with Gasteiger partial charge in [0, 0.05) is 6.54 Å². The number of carbonyl (C=O) groups is 1. The van der Waals surface area contributed by atoms with Crippen LogP contribution in [0.15, 0.2) is 41.3 Å². The molecule has 0 amide bonds. The molecule has 2 saturated heterocycles. The van der Waals surface area contributed by atoms with Gasteiger partial charge in [-0.15, -0.1) is 0 Å². The van der Waals surface area contributed by atoms with Crippen molar-refractivity contribution < 1.29 is 17.9 Å². The number of nitrogens with zero attached hydrogens (tertiary/aromatic N) is 1. The fourth-order valence-electron chi connectivity index (χ4n) is 5.54. The van der Waals surface area contributed by atoms with Crippen LogP contribution in [0, 0.1) is 12.3 Å². The Hall–Kier alpha value is -1.50. The highest BCUT2D eigenvalue weighted by Gasteiger charge is 2.67. The molecule has 6 heteroatoms. The predicted molar refractivity (Wildman–Crippen MR) is 101 cm³/mol. The third-order valence-corrected chi connectivity index (χ3v) is 8.91. The minimum atomic E-state index is -3.75. The largest absolute Gasteiger partial charge is 0.360 e. The normalized spacial score (nSPS) is 34.9. The van der Waals surface area contributed by atoms with Gasteiger partial charge in [-0.3, -0.25) is 4.79 Å². The van der Waals surface area contributed by atoms with Gasteiger partial charge in [-0.1, -0.05) is 49.1 Å². The van der Waals surface area contributed by atoms with Crippen molar-refractivity contribution in [2.75, 3.05) is 6.54 Å². The third-order valence-electron chi connectivity index (χ3n) is 7.03. The fraction of sp³-hybridized carbons (Fsp3) is 0.571. The van der Waals surface area contributed by atoms with E-state index in [1.807, 2.05) is 19.1 Å². The van der Waals surface area contributed by atoms with E-state index in [4.69, 9.17) is 4.74 Å². The van der Waals surface area contributed by atoms with Crippen molar-refractivity contribution in [3.63, 3.8) is 0 Å². The molecule has 3 fully saturated rings. The van der Waals surface area contributed by atoms with Crippen LogP contribution in [-0.4, -0.2) is 42.8 Å². The van der Waals surface area contributed by atoms with Gasteiger partial charge < -0.3 is 4.74 Å². The van der Waals surface area contributed by atoms with Crippen molar-refractivity contribution in [2.24, 2.45) is 5.41 Å². The van der Waals surface area contributed by atoms with Crippen LogP contribution in [0.5, 0.6) is 0 Å². The van der Waals surface area contributed by atoms with Gasteiger partial charge in [0.1, 0.15) is 11.6 Å². The number of hydrogen-bond donors (Lipinski definition) is 0. The number of ether oxygens (including phenoxy) is 1. The van der Waals surface area contributed by atoms with Crippen LogP contribution in [0.2, 0.25) is 0 Å². The molecule has 1 aromatic rings. The van der Waals surface area contributed by atoms with E-state index in [9.17, 15) is 13.2 Å². The second-order valence-electron chi connectivity index (χ2n) is 8.51. The Morgan fingerprint density at radius 2 is 1.78 bits per heavy atom. The van der Waals surface area contributed by atoms with Crippen LogP contribution in [0.25, 0.3) is 0 Å². The van der Waals surface area contributed by atoms with Crippen LogP contribution >= 0.6 is 0 Å². The number of hydrogen-bond acceptors (Lipinski definition) is 4. The second kappa shape index (κ2) is 5.75. The second-order valence-corrected chi connectivity index (χ2v) is 10.4. The van der Waals surface area contributed by atoms with Gasteiger partial charge >= 0.3 is 0 Å². The molecule has 5 rings (SSSR count). The third kappa shape index (κ3) is 2.30. The number of fused-ring (bicyclic) bond motifs is 2. The lowest BCUT2D eigenvalue weighted by molar-refractivity contribution is -0.174. The van der Waals surface area contributed by atoms with Gasteiger partial charge in [-0.05, 0) is 38.3 Å². The van der Waals surface area contributed by atoms with E-state index in [-0.39, 0.29) is 16.8 Å². The van der Waals surface area contributed by atoms with Gasteiger partial charge in [-0.25, -0.2) is 8.42 Å². The van der Waals surface area contributed by atoms with Crippen LogP contribution in [0.4, 0.5) is 0 Å². The summed E-state index contributed by atoms with van der Waals surface area (Å²) in [6.45, 7) is 2.25. The van der Waals surface area contributed by atoms with Gasteiger partial charge in [0.15, 0.2) is 5.78 Å². The molecule has 27 heavy (non-hydrogen) atoms. The van der Waals surface area contributed by atoms with Crippen LogP contribution in [0.1, 0.15) is 44.1 Å². The van der Waals surface area contributed by atoms with E-state index in [0.29, 0.717) is 13.0 Å². The Morgan fingerprint density at radius 1 is 1.07 bits per heavy atom. The maximum absolute atomic E-state index is 13.8. The Bertz CT molecular complexity index is 914. The van der Waals surface area contributed by atoms with Crippen LogP contribution in [-0.2, 0) is 19.6 Å². The Labute approximate surface area is 160 Å². The predicted octanol–water partition coefficient (Wildman–Crippen LogP) is 2.99. The Morgan fingerprint density at radius 3 is 2.48 bits per heavy atom. The summed E-state index contributed by atoms with van der Waals surface area (Å²) in [5, 5.41) is 0. The lowest BCUT2D eigenvalue weighted by Gasteiger charge is -2.49. The molecule has 0 N–H and O–H groups in total. The van der Waals surface area contributed by atoms with Crippen molar-refractivity contribution in [1.29, 1.82) is 0 Å². The van der Waals surface area contributed by atoms with Crippen molar-refractivity contribution in [2.45, 2.75) is 68.1 Å². The molecule has 2 spiro atoms. The molecule has 0 radical (unpaired) electrons. The highest BCUT2D eigenvalue weighted by atomic mass is 32.2. The summed E-state index contributed by atoms with van der Waals surface area (Å²) in [5.41, 5.74) is -0.320. The van der Waals surface area contributed by atoms with Gasteiger partial charge in [0.05, 0.1) is 16.4 Å². The average molecular weight is 388 g/mol. The molecular weight excluding hydrogens is 362 g/mol. The summed E-state index contributed by atoms with van der Waals surface area (Å²) in [5.74, 6) is 0.0802. The number of ketones is 1. The molecule has 3 atom stereocenters.